The lowest BCUT2D eigenvalue weighted by Crippen LogP contribution is -2.62. The number of carbonyl (C=O) groups is 2. The third-order valence-corrected chi connectivity index (χ3v) is 4.79. The molecule has 1 saturated carbocycles. The van der Waals surface area contributed by atoms with E-state index >= 15 is 0 Å². The van der Waals surface area contributed by atoms with Crippen LogP contribution in [0.2, 0.25) is 0 Å². The van der Waals surface area contributed by atoms with Crippen molar-refractivity contribution in [2.75, 3.05) is 6.54 Å². The molecule has 5 heteroatoms. The Hall–Kier alpha value is -0.550. The van der Waals surface area contributed by atoms with Gasteiger partial charge in [0, 0.05) is 18.1 Å². The molecule has 0 bridgehead atoms. The van der Waals surface area contributed by atoms with Gasteiger partial charge in [0.2, 0.25) is 0 Å². The van der Waals surface area contributed by atoms with Crippen molar-refractivity contribution in [3.63, 3.8) is 0 Å². The van der Waals surface area contributed by atoms with Crippen molar-refractivity contribution in [1.82, 2.24) is 0 Å². The van der Waals surface area contributed by atoms with Crippen LogP contribution in [0, 0.1) is 5.92 Å². The second-order valence-corrected chi connectivity index (χ2v) is 5.62. The molecule has 90 valence electrons. The molecule has 3 unspecified atom stereocenters. The van der Waals surface area contributed by atoms with E-state index in [0.717, 1.165) is 25.7 Å². The van der Waals surface area contributed by atoms with Gasteiger partial charge in [-0.1, -0.05) is 0 Å². The Morgan fingerprint density at radius 2 is 2.00 bits per heavy atom. The maximum atomic E-state index is 12.4. The maximum Gasteiger partial charge on any atom is 0.521 e. The van der Waals surface area contributed by atoms with Crippen LogP contribution in [0.3, 0.4) is 0 Å². The lowest BCUT2D eigenvalue weighted by Gasteiger charge is -2.38. The molecule has 0 aromatic carbocycles. The summed E-state index contributed by atoms with van der Waals surface area (Å²) < 4.78 is -0.359. The van der Waals surface area contributed by atoms with E-state index in [2.05, 4.69) is 12.6 Å². The van der Waals surface area contributed by atoms with Gasteiger partial charge in [0.15, 0.2) is 0 Å². The molecule has 0 radical (unpaired) electrons. The van der Waals surface area contributed by atoms with E-state index in [0.29, 0.717) is 6.54 Å². The molecule has 4 nitrogen and oxygen atoms in total. The number of hydrogen-bond donors (Lipinski definition) is 2. The molecule has 2 fully saturated rings. The van der Waals surface area contributed by atoms with Crippen LogP contribution in [0.4, 0.5) is 4.79 Å². The highest BCUT2D eigenvalue weighted by Crippen LogP contribution is 2.39. The summed E-state index contributed by atoms with van der Waals surface area (Å²) in [5.74, 6) is -0.274. The molecule has 1 heterocycles. The summed E-state index contributed by atoms with van der Waals surface area (Å²) in [6.45, 7) is 2.32. The predicted octanol–water partition coefficient (Wildman–Crippen LogP) is 1.90. The second kappa shape index (κ2) is 4.04. The molecule has 4 atom stereocenters. The lowest BCUT2D eigenvalue weighted by atomic mass is 9.82. The fourth-order valence-corrected chi connectivity index (χ4v) is 3.27. The van der Waals surface area contributed by atoms with E-state index in [-0.39, 0.29) is 27.6 Å². The van der Waals surface area contributed by atoms with Gasteiger partial charge < -0.3 is 5.11 Å². The van der Waals surface area contributed by atoms with Crippen LogP contribution >= 0.6 is 12.6 Å². The van der Waals surface area contributed by atoms with Gasteiger partial charge in [0.25, 0.3) is 0 Å². The van der Waals surface area contributed by atoms with Gasteiger partial charge in [-0.05, 0) is 19.8 Å². The van der Waals surface area contributed by atoms with Crippen molar-refractivity contribution in [2.45, 2.75) is 43.9 Å². The summed E-state index contributed by atoms with van der Waals surface area (Å²) in [5, 5.41) is 9.45. The molecule has 1 aliphatic heterocycles. The summed E-state index contributed by atoms with van der Waals surface area (Å²) in [7, 11) is 0. The van der Waals surface area contributed by atoms with Gasteiger partial charge in [0.1, 0.15) is 6.04 Å². The van der Waals surface area contributed by atoms with Gasteiger partial charge in [-0.2, -0.15) is 21.9 Å². The number of thiol groups is 1. The number of carbonyl (C=O) groups excluding carboxylic acids is 1. The predicted molar refractivity (Wildman–Crippen MR) is 62.4 cm³/mol. The monoisotopic (exact) mass is 244 g/mol. The molecule has 1 aliphatic carbocycles. The smallest absolute Gasteiger partial charge is 0.435 e. The number of rotatable bonds is 1. The number of likely N-dealkylation sites (tertiary alicyclic amines) is 1. The topological polar surface area (TPSA) is 54.4 Å². The van der Waals surface area contributed by atoms with Crippen LogP contribution in [0.1, 0.15) is 32.6 Å². The Balaban J connectivity index is 2.26. The molecule has 2 amide bonds. The standard InChI is InChI=1S/C11H17NO3S/c1-7-3-2-6-12(7,11(14)15)10(13)8-4-5-9(8)16/h7-9H,2-6H2,1H3,(H-,14,15,16)/p+1/t7-,8?,9?,12?/m1/s1. The highest BCUT2D eigenvalue weighted by Gasteiger charge is 2.57. The maximum absolute atomic E-state index is 12.4. The molecule has 1 N–H and O–H groups in total. The Morgan fingerprint density at radius 3 is 2.31 bits per heavy atom. The van der Waals surface area contributed by atoms with Gasteiger partial charge >= 0.3 is 12.0 Å². The fraction of sp³-hybridized carbons (Fsp3) is 0.818. The number of imide groups is 1. The largest absolute Gasteiger partial charge is 0.521 e. The molecular weight excluding hydrogens is 226 g/mol. The van der Waals surface area contributed by atoms with E-state index in [1.807, 2.05) is 6.92 Å². The summed E-state index contributed by atoms with van der Waals surface area (Å²) in [6, 6.07) is -0.0915. The number of nitrogens with zero attached hydrogens (tertiary/aromatic N) is 1. The first-order valence-electron chi connectivity index (χ1n) is 5.84. The Morgan fingerprint density at radius 1 is 1.31 bits per heavy atom. The molecule has 0 spiro atoms. The van der Waals surface area contributed by atoms with Crippen molar-refractivity contribution in [1.29, 1.82) is 0 Å². The van der Waals surface area contributed by atoms with Crippen molar-refractivity contribution >= 4 is 24.6 Å². The van der Waals surface area contributed by atoms with Gasteiger partial charge in [-0.3, -0.25) is 0 Å². The zero-order valence-corrected chi connectivity index (χ0v) is 10.3. The summed E-state index contributed by atoms with van der Waals surface area (Å²) in [5.41, 5.74) is 0. The first-order valence-corrected chi connectivity index (χ1v) is 6.35. The number of carboxylic acid groups (broad SMARTS) is 1. The minimum absolute atomic E-state index is 0.0645. The highest BCUT2D eigenvalue weighted by atomic mass is 32.1. The minimum atomic E-state index is -0.984. The molecule has 2 aliphatic rings. The average molecular weight is 244 g/mol. The molecule has 1 saturated heterocycles. The number of hydrogen-bond acceptors (Lipinski definition) is 3. The first-order chi connectivity index (χ1) is 7.50. The highest BCUT2D eigenvalue weighted by molar-refractivity contribution is 7.81. The van der Waals surface area contributed by atoms with Crippen molar-refractivity contribution in [2.24, 2.45) is 5.92 Å². The van der Waals surface area contributed by atoms with Gasteiger partial charge in [-0.25, -0.2) is 4.79 Å². The Labute approximate surface area is 101 Å². The van der Waals surface area contributed by atoms with E-state index in [4.69, 9.17) is 0 Å². The SMILES string of the molecule is C[C@@H]1CCC[N+]1(C(=O)O)C(=O)C1CCC1S. The van der Waals surface area contributed by atoms with Crippen LogP contribution in [0.25, 0.3) is 0 Å². The van der Waals surface area contributed by atoms with Gasteiger partial charge in [0.05, 0.1) is 12.5 Å². The Bertz CT molecular complexity index is 333. The minimum Gasteiger partial charge on any atom is -0.435 e. The molecule has 0 aromatic heterocycles. The van der Waals surface area contributed by atoms with Crippen LogP contribution in [0.5, 0.6) is 0 Å². The van der Waals surface area contributed by atoms with Crippen LogP contribution in [-0.4, -0.2) is 39.4 Å². The zero-order chi connectivity index (χ0) is 11.9. The van der Waals surface area contributed by atoms with E-state index in [1.165, 1.54) is 0 Å². The average Bonchev–Trinajstić information content (AvgIpc) is 2.58. The first kappa shape index (κ1) is 11.9. The summed E-state index contributed by atoms with van der Waals surface area (Å²) in [4.78, 5) is 23.8. The third kappa shape index (κ3) is 1.49. The third-order valence-electron chi connectivity index (χ3n) is 4.17. The summed E-state index contributed by atoms with van der Waals surface area (Å²) in [6.07, 6.45) is 2.38. The summed E-state index contributed by atoms with van der Waals surface area (Å²) >= 11 is 4.32. The van der Waals surface area contributed by atoms with E-state index < -0.39 is 6.09 Å². The normalized spacial score (nSPS) is 42.8. The fourth-order valence-electron chi connectivity index (χ4n) is 2.85. The Kier molecular flexibility index (Phi) is 3.01. The van der Waals surface area contributed by atoms with Crippen molar-refractivity contribution in [3.05, 3.63) is 0 Å². The molecule has 0 aromatic rings. The van der Waals surface area contributed by atoms with Crippen LogP contribution in [0.15, 0.2) is 0 Å². The van der Waals surface area contributed by atoms with Crippen molar-refractivity contribution in [3.8, 4) is 0 Å². The second-order valence-electron chi connectivity index (χ2n) is 4.96. The van der Waals surface area contributed by atoms with Gasteiger partial charge in [-0.15, -0.1) is 0 Å². The lowest BCUT2D eigenvalue weighted by molar-refractivity contribution is -0.794. The van der Waals surface area contributed by atoms with E-state index in [9.17, 15) is 14.7 Å². The number of quaternary nitrogens is 1. The molecule has 16 heavy (non-hydrogen) atoms. The van der Waals surface area contributed by atoms with E-state index in [1.54, 1.807) is 0 Å². The number of amides is 2. The van der Waals surface area contributed by atoms with Crippen LogP contribution in [-0.2, 0) is 4.79 Å². The van der Waals surface area contributed by atoms with Crippen molar-refractivity contribution < 1.29 is 19.2 Å². The zero-order valence-electron chi connectivity index (χ0n) is 9.43. The quantitative estimate of drug-likeness (QED) is 0.547. The van der Waals surface area contributed by atoms with Crippen LogP contribution < -0.4 is 0 Å². The molecular formula is C11H18NO3S+. The molecule has 2 rings (SSSR count).